The van der Waals surface area contributed by atoms with Crippen molar-refractivity contribution in [1.29, 1.82) is 0 Å². The summed E-state index contributed by atoms with van der Waals surface area (Å²) in [6.07, 6.45) is 1.80. The zero-order valence-corrected chi connectivity index (χ0v) is 12.1. The minimum Gasteiger partial charge on any atom is -0.287 e. The molecule has 0 saturated carbocycles. The second-order valence-corrected chi connectivity index (χ2v) is 7.69. The van der Waals surface area contributed by atoms with Crippen molar-refractivity contribution in [3.8, 4) is 0 Å². The first-order valence-electron chi connectivity index (χ1n) is 6.19. The molecule has 1 aliphatic rings. The van der Waals surface area contributed by atoms with Crippen molar-refractivity contribution in [1.82, 2.24) is 0 Å². The molecule has 1 aromatic rings. The van der Waals surface area contributed by atoms with Crippen LogP contribution in [0.4, 0.5) is 8.78 Å². The highest BCUT2D eigenvalue weighted by atomic mass is 32.2. The van der Waals surface area contributed by atoms with Gasteiger partial charge >= 0.3 is 0 Å². The minimum absolute atomic E-state index is 0.271. The van der Waals surface area contributed by atoms with Crippen molar-refractivity contribution >= 4 is 16.9 Å². The topological polar surface area (TPSA) is 24.7 Å². The van der Waals surface area contributed by atoms with Crippen LogP contribution in [0.3, 0.4) is 0 Å². The summed E-state index contributed by atoms with van der Waals surface area (Å²) in [5.74, 6) is -0.331. The van der Waals surface area contributed by atoms with Crippen molar-refractivity contribution in [3.05, 3.63) is 35.6 Å². The minimum atomic E-state index is -0.541. The van der Waals surface area contributed by atoms with Crippen LogP contribution in [-0.4, -0.2) is 29.9 Å². The molecule has 104 valence electrons. The average molecular weight is 284 g/mol. The van der Waals surface area contributed by atoms with E-state index in [0.29, 0.717) is 5.56 Å². The van der Waals surface area contributed by atoms with E-state index in [2.05, 4.69) is 9.36 Å². The fourth-order valence-electron chi connectivity index (χ4n) is 2.43. The lowest BCUT2D eigenvalue weighted by Gasteiger charge is -2.37. The van der Waals surface area contributed by atoms with Gasteiger partial charge in [-0.25, -0.2) is 8.78 Å². The molecule has 0 spiro atoms. The van der Waals surface area contributed by atoms with Crippen molar-refractivity contribution in [2.45, 2.75) is 29.9 Å². The monoisotopic (exact) mass is 284 g/mol. The molecular weight excluding hydrogens is 266 g/mol. The first kappa shape index (κ1) is 14.3. The molecule has 0 fully saturated rings. The van der Waals surface area contributed by atoms with Crippen LogP contribution in [-0.2, 0) is 10.7 Å². The Balaban J connectivity index is 2.50. The van der Waals surface area contributed by atoms with Crippen molar-refractivity contribution in [3.63, 3.8) is 0 Å². The number of aliphatic imine (C=N–C) groups is 1. The first-order valence-corrected chi connectivity index (χ1v) is 7.43. The highest BCUT2D eigenvalue weighted by molar-refractivity contribution is 7.90. The molecular formula is C14H18F2N2S. The van der Waals surface area contributed by atoms with E-state index in [1.807, 2.05) is 13.8 Å². The van der Waals surface area contributed by atoms with Crippen LogP contribution in [0.2, 0.25) is 0 Å². The van der Waals surface area contributed by atoms with E-state index in [0.717, 1.165) is 0 Å². The van der Waals surface area contributed by atoms with Crippen LogP contribution in [0, 0.1) is 5.82 Å². The van der Waals surface area contributed by atoms with Crippen LogP contribution in [0.5, 0.6) is 0 Å². The summed E-state index contributed by atoms with van der Waals surface area (Å²) in [5.41, 5.74) is 0.457. The molecule has 1 aliphatic heterocycles. The van der Waals surface area contributed by atoms with Gasteiger partial charge in [0.05, 0.1) is 16.0 Å². The fraction of sp³-hybridized carbons (Fsp3) is 0.500. The maximum absolute atomic E-state index is 13.9. The maximum Gasteiger partial charge on any atom is 0.128 e. The zero-order valence-electron chi connectivity index (χ0n) is 11.3. The predicted molar refractivity (Wildman–Crippen MR) is 77.2 cm³/mol. The van der Waals surface area contributed by atoms with Gasteiger partial charge in [0.15, 0.2) is 0 Å². The zero-order chi connectivity index (χ0) is 14.0. The van der Waals surface area contributed by atoms with Crippen LogP contribution in [0.1, 0.15) is 25.5 Å². The van der Waals surface area contributed by atoms with Gasteiger partial charge < -0.3 is 0 Å². The van der Waals surface area contributed by atoms with Gasteiger partial charge in [-0.2, -0.15) is 0 Å². The lowest BCUT2D eigenvalue weighted by atomic mass is 10.0. The third kappa shape index (κ3) is 2.61. The lowest BCUT2D eigenvalue weighted by Crippen LogP contribution is -2.43. The molecule has 0 saturated heterocycles. The van der Waals surface area contributed by atoms with Gasteiger partial charge in [0, 0.05) is 18.8 Å². The largest absolute Gasteiger partial charge is 0.287 e. The molecule has 3 unspecified atom stereocenters. The Kier molecular flexibility index (Phi) is 4.13. The number of benzene rings is 1. The third-order valence-corrected chi connectivity index (χ3v) is 5.83. The third-order valence-electron chi connectivity index (χ3n) is 3.30. The molecule has 5 heteroatoms. The molecule has 2 rings (SSSR count). The predicted octanol–water partition coefficient (Wildman–Crippen LogP) is 3.50. The molecule has 0 aromatic heterocycles. The van der Waals surface area contributed by atoms with Crippen LogP contribution < -0.4 is 0 Å². The SMILES string of the molecule is CN=S1C(CF)C(c2ccccc2F)N=CC1(C)C. The number of hydrogen-bond donors (Lipinski definition) is 0. The van der Waals surface area contributed by atoms with Gasteiger partial charge in [-0.3, -0.25) is 9.36 Å². The molecule has 0 N–H and O–H groups in total. The highest BCUT2D eigenvalue weighted by Gasteiger charge is 2.38. The summed E-state index contributed by atoms with van der Waals surface area (Å²) in [6.45, 7) is 3.44. The van der Waals surface area contributed by atoms with Gasteiger partial charge in [0.25, 0.3) is 0 Å². The number of halogens is 2. The van der Waals surface area contributed by atoms with Crippen LogP contribution >= 0.6 is 0 Å². The second kappa shape index (κ2) is 5.49. The summed E-state index contributed by atoms with van der Waals surface area (Å²) in [6, 6.07) is 5.97. The summed E-state index contributed by atoms with van der Waals surface area (Å²) in [4.78, 5) is 4.41. The Bertz CT molecular complexity index is 526. The van der Waals surface area contributed by atoms with E-state index in [4.69, 9.17) is 0 Å². The molecule has 0 bridgehead atoms. The van der Waals surface area contributed by atoms with Gasteiger partial charge in [-0.05, 0) is 19.9 Å². The Morgan fingerprint density at radius 3 is 2.63 bits per heavy atom. The molecule has 0 amide bonds. The number of nitrogens with zero attached hydrogens (tertiary/aromatic N) is 2. The summed E-state index contributed by atoms with van der Waals surface area (Å²) < 4.78 is 31.4. The molecule has 2 nitrogen and oxygen atoms in total. The first-order chi connectivity index (χ1) is 9.01. The molecule has 1 aromatic carbocycles. The lowest BCUT2D eigenvalue weighted by molar-refractivity contribution is 0.440. The number of alkyl halides is 1. The van der Waals surface area contributed by atoms with Crippen molar-refractivity contribution in [2.75, 3.05) is 13.7 Å². The van der Waals surface area contributed by atoms with Gasteiger partial charge in [-0.1, -0.05) is 28.9 Å². The van der Waals surface area contributed by atoms with Gasteiger partial charge in [0.1, 0.15) is 12.5 Å². The smallest absolute Gasteiger partial charge is 0.128 e. The molecule has 0 aliphatic carbocycles. The standard InChI is InChI=1S/C14H18F2N2S/c1-14(2)9-18-13(12(8-15)19(14)17-3)10-6-4-5-7-11(10)16/h4-7,9,12-13H,8H2,1-3H3. The molecule has 19 heavy (non-hydrogen) atoms. The summed E-state index contributed by atoms with van der Waals surface area (Å²) in [5, 5.41) is -0.387. The molecule has 0 radical (unpaired) electrons. The van der Waals surface area contributed by atoms with E-state index >= 15 is 0 Å². The Labute approximate surface area is 115 Å². The fourth-order valence-corrected chi connectivity index (χ4v) is 4.70. The van der Waals surface area contributed by atoms with Gasteiger partial charge in [0.2, 0.25) is 0 Å². The molecule has 3 atom stereocenters. The summed E-state index contributed by atoms with van der Waals surface area (Å²) >= 11 is 0. The number of rotatable bonds is 2. The number of hydrogen-bond acceptors (Lipinski definition) is 2. The second-order valence-electron chi connectivity index (χ2n) is 5.04. The Morgan fingerprint density at radius 2 is 2.05 bits per heavy atom. The Morgan fingerprint density at radius 1 is 1.37 bits per heavy atom. The van der Waals surface area contributed by atoms with Crippen LogP contribution in [0.25, 0.3) is 0 Å². The molecule has 1 heterocycles. The van der Waals surface area contributed by atoms with Crippen LogP contribution in [0.15, 0.2) is 33.6 Å². The quantitative estimate of drug-likeness (QED) is 0.794. The highest BCUT2D eigenvalue weighted by Crippen LogP contribution is 2.35. The van der Waals surface area contributed by atoms with Crippen molar-refractivity contribution < 1.29 is 8.78 Å². The maximum atomic E-state index is 13.9. The van der Waals surface area contributed by atoms with E-state index < -0.39 is 23.4 Å². The van der Waals surface area contributed by atoms with Gasteiger partial charge in [-0.15, -0.1) is 0 Å². The average Bonchev–Trinajstić information content (AvgIpc) is 2.38. The van der Waals surface area contributed by atoms with E-state index in [9.17, 15) is 8.78 Å². The Hall–Kier alpha value is -1.10. The van der Waals surface area contributed by atoms with E-state index in [-0.39, 0.29) is 15.8 Å². The van der Waals surface area contributed by atoms with Crippen molar-refractivity contribution in [2.24, 2.45) is 9.36 Å². The normalized spacial score (nSPS) is 29.6. The van der Waals surface area contributed by atoms with E-state index in [1.54, 1.807) is 31.5 Å². The van der Waals surface area contributed by atoms with E-state index in [1.165, 1.54) is 6.07 Å². The summed E-state index contributed by atoms with van der Waals surface area (Å²) in [7, 11) is 1.19.